The molecular weight excluding hydrogens is 204 g/mol. The van der Waals surface area contributed by atoms with Crippen LogP contribution in [0.25, 0.3) is 0 Å². The van der Waals surface area contributed by atoms with Gasteiger partial charge in [-0.25, -0.2) is 4.98 Å². The zero-order chi connectivity index (χ0) is 12.2. The third-order valence-corrected chi connectivity index (χ3v) is 2.40. The molecule has 5 nitrogen and oxygen atoms in total. The number of hydrogen-bond acceptors (Lipinski definition) is 4. The highest BCUT2D eigenvalue weighted by molar-refractivity contribution is 4.74. The largest absolute Gasteiger partial charge is 0.389 e. The minimum atomic E-state index is -0.660. The Balaban J connectivity index is 2.46. The van der Waals surface area contributed by atoms with E-state index in [2.05, 4.69) is 28.8 Å². The van der Waals surface area contributed by atoms with Gasteiger partial charge in [-0.3, -0.25) is 9.58 Å². The van der Waals surface area contributed by atoms with E-state index in [1.54, 1.807) is 11.0 Å². The van der Waals surface area contributed by atoms with Crippen LogP contribution in [0.15, 0.2) is 12.7 Å². The Morgan fingerprint density at radius 1 is 1.44 bits per heavy atom. The summed E-state index contributed by atoms with van der Waals surface area (Å²) in [5.74, 6) is 0. The Labute approximate surface area is 97.1 Å². The predicted octanol–water partition coefficient (Wildman–Crippen LogP) is 0.759. The van der Waals surface area contributed by atoms with Crippen molar-refractivity contribution < 1.29 is 5.11 Å². The SMILES string of the molecule is CC(C)N(CCn1cncn1)CC(C)(C)O. The lowest BCUT2D eigenvalue weighted by molar-refractivity contribution is 0.0241. The van der Waals surface area contributed by atoms with Crippen LogP contribution in [0.3, 0.4) is 0 Å². The highest BCUT2D eigenvalue weighted by Gasteiger charge is 2.20. The molecule has 0 amide bonds. The van der Waals surface area contributed by atoms with Gasteiger partial charge in [0.2, 0.25) is 0 Å². The first-order valence-electron chi connectivity index (χ1n) is 5.67. The zero-order valence-electron chi connectivity index (χ0n) is 10.6. The first kappa shape index (κ1) is 13.1. The van der Waals surface area contributed by atoms with Crippen molar-refractivity contribution in [2.24, 2.45) is 0 Å². The maximum Gasteiger partial charge on any atom is 0.137 e. The normalized spacial score (nSPS) is 12.7. The Kier molecular flexibility index (Phi) is 4.44. The number of aromatic nitrogens is 3. The van der Waals surface area contributed by atoms with Gasteiger partial charge < -0.3 is 5.11 Å². The standard InChI is InChI=1S/C11H22N4O/c1-10(2)14(7-11(3,4)16)5-6-15-9-12-8-13-15/h8-10,16H,5-7H2,1-4H3. The van der Waals surface area contributed by atoms with Crippen molar-refractivity contribution >= 4 is 0 Å². The molecule has 1 N–H and O–H groups in total. The van der Waals surface area contributed by atoms with Crippen LogP contribution in [0.1, 0.15) is 27.7 Å². The van der Waals surface area contributed by atoms with Crippen molar-refractivity contribution in [3.8, 4) is 0 Å². The summed E-state index contributed by atoms with van der Waals surface area (Å²) in [5.41, 5.74) is -0.660. The van der Waals surface area contributed by atoms with Crippen LogP contribution in [0.5, 0.6) is 0 Å². The third-order valence-electron chi connectivity index (χ3n) is 2.40. The fraction of sp³-hybridized carbons (Fsp3) is 0.818. The Morgan fingerprint density at radius 3 is 2.56 bits per heavy atom. The zero-order valence-corrected chi connectivity index (χ0v) is 10.6. The van der Waals surface area contributed by atoms with Gasteiger partial charge in [0.15, 0.2) is 0 Å². The number of nitrogens with zero attached hydrogens (tertiary/aromatic N) is 4. The Morgan fingerprint density at radius 2 is 2.12 bits per heavy atom. The quantitative estimate of drug-likeness (QED) is 0.778. The maximum atomic E-state index is 9.82. The third kappa shape index (κ3) is 4.72. The molecule has 0 aliphatic rings. The molecule has 0 radical (unpaired) electrons. The molecule has 1 rings (SSSR count). The van der Waals surface area contributed by atoms with Gasteiger partial charge in [0.25, 0.3) is 0 Å². The summed E-state index contributed by atoms with van der Waals surface area (Å²) in [6, 6.07) is 0.412. The lowest BCUT2D eigenvalue weighted by Crippen LogP contribution is -2.43. The molecule has 0 bridgehead atoms. The molecule has 1 aromatic heterocycles. The number of hydrogen-bond donors (Lipinski definition) is 1. The van der Waals surface area contributed by atoms with E-state index in [-0.39, 0.29) is 0 Å². The van der Waals surface area contributed by atoms with E-state index >= 15 is 0 Å². The summed E-state index contributed by atoms with van der Waals surface area (Å²) in [6.45, 7) is 10.3. The molecule has 0 saturated carbocycles. The van der Waals surface area contributed by atoms with Crippen LogP contribution in [0, 0.1) is 0 Å². The van der Waals surface area contributed by atoms with E-state index in [0.717, 1.165) is 13.1 Å². The smallest absolute Gasteiger partial charge is 0.137 e. The summed E-state index contributed by atoms with van der Waals surface area (Å²) in [7, 11) is 0. The van der Waals surface area contributed by atoms with Crippen LogP contribution in [-0.2, 0) is 6.54 Å². The van der Waals surface area contributed by atoms with Crippen LogP contribution in [0.4, 0.5) is 0 Å². The van der Waals surface area contributed by atoms with Gasteiger partial charge in [0.05, 0.1) is 12.1 Å². The molecule has 0 atom stereocenters. The minimum absolute atomic E-state index is 0.412. The van der Waals surface area contributed by atoms with Crippen LogP contribution in [-0.4, -0.2) is 49.5 Å². The van der Waals surface area contributed by atoms with Crippen molar-refractivity contribution in [3.63, 3.8) is 0 Å². The Hall–Kier alpha value is -0.940. The van der Waals surface area contributed by atoms with Crippen molar-refractivity contribution in [3.05, 3.63) is 12.7 Å². The highest BCUT2D eigenvalue weighted by Crippen LogP contribution is 2.08. The second-order valence-corrected chi connectivity index (χ2v) is 5.04. The fourth-order valence-corrected chi connectivity index (χ4v) is 1.60. The van der Waals surface area contributed by atoms with Gasteiger partial charge in [-0.1, -0.05) is 0 Å². The summed E-state index contributed by atoms with van der Waals surface area (Å²) < 4.78 is 1.81. The Bertz CT molecular complexity index is 289. The molecule has 5 heteroatoms. The fourth-order valence-electron chi connectivity index (χ4n) is 1.60. The topological polar surface area (TPSA) is 54.2 Å². The average Bonchev–Trinajstić information content (AvgIpc) is 2.62. The monoisotopic (exact) mass is 226 g/mol. The first-order chi connectivity index (χ1) is 7.38. The van der Waals surface area contributed by atoms with E-state index in [9.17, 15) is 5.11 Å². The summed E-state index contributed by atoms with van der Waals surface area (Å²) >= 11 is 0. The molecule has 16 heavy (non-hydrogen) atoms. The molecule has 1 aromatic rings. The second-order valence-electron chi connectivity index (χ2n) is 5.04. The molecule has 92 valence electrons. The number of rotatable bonds is 6. The van der Waals surface area contributed by atoms with Crippen LogP contribution >= 0.6 is 0 Å². The van der Waals surface area contributed by atoms with Gasteiger partial charge in [-0.15, -0.1) is 0 Å². The highest BCUT2D eigenvalue weighted by atomic mass is 16.3. The molecule has 0 spiro atoms. The van der Waals surface area contributed by atoms with Crippen molar-refractivity contribution in [2.45, 2.75) is 45.9 Å². The molecule has 0 unspecified atom stereocenters. The molecule has 0 fully saturated rings. The van der Waals surface area contributed by atoms with Gasteiger partial charge in [0.1, 0.15) is 12.7 Å². The van der Waals surface area contributed by atoms with Crippen molar-refractivity contribution in [2.75, 3.05) is 13.1 Å². The molecule has 0 aromatic carbocycles. The lowest BCUT2D eigenvalue weighted by atomic mass is 10.1. The van der Waals surface area contributed by atoms with Gasteiger partial charge >= 0.3 is 0 Å². The van der Waals surface area contributed by atoms with E-state index in [0.29, 0.717) is 12.6 Å². The first-order valence-corrected chi connectivity index (χ1v) is 5.67. The second kappa shape index (κ2) is 5.41. The molecule has 0 aliphatic heterocycles. The van der Waals surface area contributed by atoms with Crippen LogP contribution < -0.4 is 0 Å². The summed E-state index contributed by atoms with van der Waals surface area (Å²) in [6.07, 6.45) is 3.25. The predicted molar refractivity (Wildman–Crippen MR) is 63.0 cm³/mol. The van der Waals surface area contributed by atoms with Gasteiger partial charge in [-0.2, -0.15) is 5.10 Å². The summed E-state index contributed by atoms with van der Waals surface area (Å²) in [4.78, 5) is 6.14. The minimum Gasteiger partial charge on any atom is -0.389 e. The maximum absolute atomic E-state index is 9.82. The van der Waals surface area contributed by atoms with Gasteiger partial charge in [-0.05, 0) is 27.7 Å². The lowest BCUT2D eigenvalue weighted by Gasteiger charge is -2.32. The van der Waals surface area contributed by atoms with E-state index in [4.69, 9.17) is 0 Å². The molecule has 0 aliphatic carbocycles. The van der Waals surface area contributed by atoms with Gasteiger partial charge in [0, 0.05) is 19.1 Å². The molecule has 1 heterocycles. The van der Waals surface area contributed by atoms with E-state index in [1.165, 1.54) is 6.33 Å². The summed E-state index contributed by atoms with van der Waals surface area (Å²) in [5, 5.41) is 13.9. The molecular formula is C11H22N4O. The van der Waals surface area contributed by atoms with Crippen molar-refractivity contribution in [1.29, 1.82) is 0 Å². The average molecular weight is 226 g/mol. The van der Waals surface area contributed by atoms with Crippen LogP contribution in [0.2, 0.25) is 0 Å². The van der Waals surface area contributed by atoms with E-state index in [1.807, 2.05) is 13.8 Å². The van der Waals surface area contributed by atoms with Crippen molar-refractivity contribution in [1.82, 2.24) is 19.7 Å². The molecule has 0 saturated heterocycles. The van der Waals surface area contributed by atoms with E-state index < -0.39 is 5.60 Å². The number of aliphatic hydroxyl groups is 1.